The summed E-state index contributed by atoms with van der Waals surface area (Å²) in [6.45, 7) is 6.33. The summed E-state index contributed by atoms with van der Waals surface area (Å²) in [6, 6.07) is 16.5. The highest BCUT2D eigenvalue weighted by molar-refractivity contribution is 6.31. The van der Waals surface area contributed by atoms with Crippen molar-refractivity contribution in [3.05, 3.63) is 64.7 Å². The Morgan fingerprint density at radius 1 is 1.15 bits per heavy atom. The third-order valence-corrected chi connectivity index (χ3v) is 5.87. The second-order valence-corrected chi connectivity index (χ2v) is 8.09. The van der Waals surface area contributed by atoms with Crippen LogP contribution >= 0.6 is 11.6 Å². The highest BCUT2D eigenvalue weighted by Gasteiger charge is 2.27. The van der Waals surface area contributed by atoms with Crippen molar-refractivity contribution in [1.29, 1.82) is 0 Å². The molecule has 3 atom stereocenters. The summed E-state index contributed by atoms with van der Waals surface area (Å²) in [7, 11) is 0. The van der Waals surface area contributed by atoms with Crippen LogP contribution in [0, 0.1) is 18.8 Å². The molecular formula is C23H30ClNO. The summed E-state index contributed by atoms with van der Waals surface area (Å²) in [4.78, 5) is 0. The molecule has 1 N–H and O–H groups in total. The number of nitrogens with one attached hydrogen (secondary N) is 1. The number of hydrogen-bond acceptors (Lipinski definition) is 2. The van der Waals surface area contributed by atoms with Gasteiger partial charge in [0, 0.05) is 11.6 Å². The van der Waals surface area contributed by atoms with E-state index in [0.29, 0.717) is 12.0 Å². The van der Waals surface area contributed by atoms with Gasteiger partial charge < -0.3 is 10.1 Å². The molecule has 26 heavy (non-hydrogen) atoms. The molecule has 2 nitrogen and oxygen atoms in total. The van der Waals surface area contributed by atoms with Gasteiger partial charge in [-0.05, 0) is 80.3 Å². The van der Waals surface area contributed by atoms with Gasteiger partial charge in [-0.1, -0.05) is 48.9 Å². The molecule has 1 fully saturated rings. The minimum atomic E-state index is 0.349. The Labute approximate surface area is 162 Å². The molecule has 0 bridgehead atoms. The summed E-state index contributed by atoms with van der Waals surface area (Å²) >= 11 is 6.24. The number of benzene rings is 2. The van der Waals surface area contributed by atoms with Gasteiger partial charge in [0.1, 0.15) is 5.75 Å². The van der Waals surface area contributed by atoms with Gasteiger partial charge in [-0.25, -0.2) is 0 Å². The summed E-state index contributed by atoms with van der Waals surface area (Å²) in [6.07, 6.45) is 5.24. The first-order valence-corrected chi connectivity index (χ1v) is 10.2. The van der Waals surface area contributed by atoms with E-state index in [0.717, 1.165) is 36.2 Å². The van der Waals surface area contributed by atoms with Crippen molar-refractivity contribution in [1.82, 2.24) is 5.32 Å². The molecular weight excluding hydrogens is 342 g/mol. The summed E-state index contributed by atoms with van der Waals surface area (Å²) in [5.74, 6) is 2.37. The van der Waals surface area contributed by atoms with Crippen LogP contribution in [0.2, 0.25) is 5.02 Å². The van der Waals surface area contributed by atoms with Crippen molar-refractivity contribution in [3.63, 3.8) is 0 Å². The summed E-state index contributed by atoms with van der Waals surface area (Å²) < 4.78 is 6.27. The van der Waals surface area contributed by atoms with Gasteiger partial charge in [-0.2, -0.15) is 0 Å². The molecule has 0 spiro atoms. The van der Waals surface area contributed by atoms with Crippen LogP contribution in [0.3, 0.4) is 0 Å². The zero-order valence-corrected chi connectivity index (χ0v) is 16.6. The van der Waals surface area contributed by atoms with Gasteiger partial charge >= 0.3 is 0 Å². The lowest BCUT2D eigenvalue weighted by Crippen LogP contribution is -2.33. The molecule has 140 valence electrons. The molecule has 3 rings (SSSR count). The summed E-state index contributed by atoms with van der Waals surface area (Å²) in [5.41, 5.74) is 2.43. The monoisotopic (exact) mass is 371 g/mol. The predicted molar refractivity (Wildman–Crippen MR) is 110 cm³/mol. The molecule has 1 saturated carbocycles. The molecule has 1 aliphatic carbocycles. The van der Waals surface area contributed by atoms with Crippen LogP contribution in [-0.4, -0.2) is 12.6 Å². The van der Waals surface area contributed by atoms with Crippen LogP contribution in [0.15, 0.2) is 48.5 Å². The Bertz CT molecular complexity index is 702. The first kappa shape index (κ1) is 19.3. The standard InChI is InChI=1S/C23H30ClNO/c1-17-7-5-10-21(13-17)26-22-11-6-9-19(14-22)18(2)15-25-16-20-8-3-4-12-23(20)24/h3-5,7-8,10,12-13,18-19,22,25H,6,9,11,14-16H2,1-2H3. The van der Waals surface area contributed by atoms with E-state index < -0.39 is 0 Å². The van der Waals surface area contributed by atoms with E-state index >= 15 is 0 Å². The molecule has 1 aliphatic rings. The third kappa shape index (κ3) is 5.49. The van der Waals surface area contributed by atoms with Gasteiger partial charge in [0.25, 0.3) is 0 Å². The maximum absolute atomic E-state index is 6.27. The van der Waals surface area contributed by atoms with Gasteiger partial charge in [0.05, 0.1) is 6.10 Å². The van der Waals surface area contributed by atoms with E-state index in [9.17, 15) is 0 Å². The van der Waals surface area contributed by atoms with Gasteiger partial charge in [0.15, 0.2) is 0 Å². The number of halogens is 1. The minimum absolute atomic E-state index is 0.349. The van der Waals surface area contributed by atoms with E-state index in [-0.39, 0.29) is 0 Å². The van der Waals surface area contributed by atoms with Gasteiger partial charge in [-0.15, -0.1) is 0 Å². The molecule has 0 amide bonds. The van der Waals surface area contributed by atoms with Gasteiger partial charge in [0.2, 0.25) is 0 Å². The van der Waals surface area contributed by atoms with Crippen molar-refractivity contribution < 1.29 is 4.74 Å². The van der Waals surface area contributed by atoms with E-state index in [1.165, 1.54) is 30.4 Å². The van der Waals surface area contributed by atoms with Crippen LogP contribution < -0.4 is 10.1 Å². The number of ether oxygens (including phenoxy) is 1. The van der Waals surface area contributed by atoms with Crippen LogP contribution in [0.5, 0.6) is 5.75 Å². The van der Waals surface area contributed by atoms with Crippen LogP contribution in [-0.2, 0) is 6.54 Å². The van der Waals surface area contributed by atoms with Crippen molar-refractivity contribution in [3.8, 4) is 5.75 Å². The second-order valence-electron chi connectivity index (χ2n) is 7.68. The summed E-state index contributed by atoms with van der Waals surface area (Å²) in [5, 5.41) is 4.43. The van der Waals surface area contributed by atoms with E-state index in [2.05, 4.69) is 49.5 Å². The average molecular weight is 372 g/mol. The Kier molecular flexibility index (Phi) is 6.99. The Hall–Kier alpha value is -1.51. The zero-order chi connectivity index (χ0) is 18.4. The molecule has 0 heterocycles. The van der Waals surface area contributed by atoms with Crippen LogP contribution in [0.1, 0.15) is 43.7 Å². The molecule has 2 aromatic carbocycles. The Balaban J connectivity index is 1.46. The maximum Gasteiger partial charge on any atom is 0.119 e. The highest BCUT2D eigenvalue weighted by atomic mass is 35.5. The zero-order valence-electron chi connectivity index (χ0n) is 15.9. The fourth-order valence-electron chi connectivity index (χ4n) is 3.93. The molecule has 0 radical (unpaired) electrons. The Morgan fingerprint density at radius 3 is 2.81 bits per heavy atom. The lowest BCUT2D eigenvalue weighted by molar-refractivity contribution is 0.102. The fraction of sp³-hybridized carbons (Fsp3) is 0.478. The quantitative estimate of drug-likeness (QED) is 0.643. The van der Waals surface area contributed by atoms with Crippen LogP contribution in [0.4, 0.5) is 0 Å². The highest BCUT2D eigenvalue weighted by Crippen LogP contribution is 2.32. The van der Waals surface area contributed by atoms with E-state index in [1.54, 1.807) is 0 Å². The molecule has 3 heteroatoms. The molecule has 0 aromatic heterocycles. The lowest BCUT2D eigenvalue weighted by Gasteiger charge is -2.33. The van der Waals surface area contributed by atoms with Crippen molar-refractivity contribution in [2.45, 2.75) is 52.2 Å². The second kappa shape index (κ2) is 9.43. The molecule has 3 unspecified atom stereocenters. The van der Waals surface area contributed by atoms with Crippen molar-refractivity contribution >= 4 is 11.6 Å². The maximum atomic E-state index is 6.27. The first-order valence-electron chi connectivity index (χ1n) is 9.79. The van der Waals surface area contributed by atoms with E-state index in [4.69, 9.17) is 16.3 Å². The predicted octanol–water partition coefficient (Wildman–Crippen LogP) is 6.01. The average Bonchev–Trinajstić information content (AvgIpc) is 2.63. The number of rotatable bonds is 7. The third-order valence-electron chi connectivity index (χ3n) is 5.50. The van der Waals surface area contributed by atoms with Gasteiger partial charge in [-0.3, -0.25) is 0 Å². The molecule has 0 aliphatic heterocycles. The largest absolute Gasteiger partial charge is 0.490 e. The van der Waals surface area contributed by atoms with E-state index in [1.807, 2.05) is 18.2 Å². The smallest absolute Gasteiger partial charge is 0.119 e. The van der Waals surface area contributed by atoms with Crippen molar-refractivity contribution in [2.24, 2.45) is 11.8 Å². The van der Waals surface area contributed by atoms with Crippen LogP contribution in [0.25, 0.3) is 0 Å². The topological polar surface area (TPSA) is 21.3 Å². The SMILES string of the molecule is Cc1cccc(OC2CCCC(C(C)CNCc3ccccc3Cl)C2)c1. The molecule has 0 saturated heterocycles. The fourth-order valence-corrected chi connectivity index (χ4v) is 4.13. The van der Waals surface area contributed by atoms with Crippen molar-refractivity contribution in [2.75, 3.05) is 6.54 Å². The number of hydrogen-bond donors (Lipinski definition) is 1. The lowest BCUT2D eigenvalue weighted by atomic mass is 9.79. The Morgan fingerprint density at radius 2 is 2.00 bits per heavy atom. The minimum Gasteiger partial charge on any atom is -0.490 e. The normalized spacial score (nSPS) is 21.3. The number of aryl methyl sites for hydroxylation is 1. The first-order chi connectivity index (χ1) is 12.6. The molecule has 2 aromatic rings.